The molecule has 24 heavy (non-hydrogen) atoms. The Morgan fingerprint density at radius 2 is 1.96 bits per heavy atom. The molecule has 0 radical (unpaired) electrons. The summed E-state index contributed by atoms with van der Waals surface area (Å²) in [5.41, 5.74) is 1.78. The maximum Gasteiger partial charge on any atom is 0.183 e. The molecule has 122 valence electrons. The zero-order valence-electron chi connectivity index (χ0n) is 13.1. The minimum Gasteiger partial charge on any atom is -0.494 e. The average molecular weight is 356 g/mol. The molecular formula is C18H16N2O2S2. The molecule has 0 atom stereocenters. The number of rotatable bonds is 7. The summed E-state index contributed by atoms with van der Waals surface area (Å²) in [6, 6.07) is 15.3. The van der Waals surface area contributed by atoms with Gasteiger partial charge in [0.25, 0.3) is 0 Å². The summed E-state index contributed by atoms with van der Waals surface area (Å²) in [4.78, 5) is 12.8. The highest BCUT2D eigenvalue weighted by atomic mass is 32.2. The molecule has 0 amide bonds. The number of Topliss-reactive ketones (excluding diaryl/α,β-unsaturated/α-hetero) is 1. The van der Waals surface area contributed by atoms with Crippen LogP contribution in [0.4, 0.5) is 0 Å². The molecule has 0 fully saturated rings. The number of thioether (sulfide) groups is 1. The van der Waals surface area contributed by atoms with Crippen LogP contribution in [0.5, 0.6) is 5.75 Å². The van der Waals surface area contributed by atoms with Crippen molar-refractivity contribution in [3.63, 3.8) is 0 Å². The largest absolute Gasteiger partial charge is 0.494 e. The van der Waals surface area contributed by atoms with Crippen LogP contribution in [-0.4, -0.2) is 28.3 Å². The Hall–Kier alpha value is -2.18. The van der Waals surface area contributed by atoms with E-state index in [2.05, 4.69) is 10.2 Å². The monoisotopic (exact) mass is 356 g/mol. The summed E-state index contributed by atoms with van der Waals surface area (Å²) in [6.07, 6.45) is 0. The Kier molecular flexibility index (Phi) is 5.61. The number of thiophene rings is 1. The van der Waals surface area contributed by atoms with Gasteiger partial charge in [-0.2, -0.15) is 0 Å². The summed E-state index contributed by atoms with van der Waals surface area (Å²) in [6.45, 7) is 2.61. The van der Waals surface area contributed by atoms with E-state index in [0.29, 0.717) is 12.4 Å². The van der Waals surface area contributed by atoms with Crippen LogP contribution in [0.3, 0.4) is 0 Å². The van der Waals surface area contributed by atoms with Gasteiger partial charge in [0, 0.05) is 5.56 Å². The van der Waals surface area contributed by atoms with Gasteiger partial charge >= 0.3 is 0 Å². The molecule has 0 aliphatic heterocycles. The topological polar surface area (TPSA) is 52.1 Å². The number of ether oxygens (including phenoxy) is 1. The predicted octanol–water partition coefficient (Wildman–Crippen LogP) is 4.58. The lowest BCUT2D eigenvalue weighted by atomic mass is 10.1. The van der Waals surface area contributed by atoms with Crippen LogP contribution < -0.4 is 4.74 Å². The summed E-state index contributed by atoms with van der Waals surface area (Å²) in [5.74, 6) is 1.33. The van der Waals surface area contributed by atoms with Crippen LogP contribution in [0.2, 0.25) is 0 Å². The molecule has 0 aliphatic rings. The minimum atomic E-state index is 0.118. The van der Waals surface area contributed by atoms with Gasteiger partial charge < -0.3 is 4.74 Å². The smallest absolute Gasteiger partial charge is 0.183 e. The maximum atomic E-state index is 12.0. The van der Waals surface area contributed by atoms with E-state index in [9.17, 15) is 4.79 Å². The van der Waals surface area contributed by atoms with E-state index < -0.39 is 0 Å². The first kappa shape index (κ1) is 16.7. The molecule has 1 aromatic carbocycles. The number of carbonyl (C=O) groups is 1. The number of ketones is 1. The number of aromatic nitrogens is 2. The molecule has 4 nitrogen and oxygen atoms in total. The van der Waals surface area contributed by atoms with Crippen molar-refractivity contribution in [1.29, 1.82) is 0 Å². The lowest BCUT2D eigenvalue weighted by Gasteiger charge is -2.05. The Bertz CT molecular complexity index is 785. The van der Waals surface area contributed by atoms with Crippen LogP contribution in [-0.2, 0) is 0 Å². The van der Waals surface area contributed by atoms with Crippen molar-refractivity contribution >= 4 is 28.9 Å². The normalized spacial score (nSPS) is 10.5. The molecule has 0 spiro atoms. The summed E-state index contributed by atoms with van der Waals surface area (Å²) in [7, 11) is 0. The predicted molar refractivity (Wildman–Crippen MR) is 98.0 cm³/mol. The number of nitrogens with zero attached hydrogens (tertiary/aromatic N) is 2. The maximum absolute atomic E-state index is 12.0. The van der Waals surface area contributed by atoms with Crippen LogP contribution in [0, 0.1) is 0 Å². The molecule has 3 aromatic rings. The Balaban J connectivity index is 1.61. The van der Waals surface area contributed by atoms with E-state index in [0.717, 1.165) is 26.9 Å². The van der Waals surface area contributed by atoms with E-state index in [1.165, 1.54) is 23.1 Å². The third kappa shape index (κ3) is 4.21. The highest BCUT2D eigenvalue weighted by Gasteiger charge is 2.09. The van der Waals surface area contributed by atoms with Gasteiger partial charge in [0.2, 0.25) is 0 Å². The van der Waals surface area contributed by atoms with E-state index >= 15 is 0 Å². The summed E-state index contributed by atoms with van der Waals surface area (Å²) >= 11 is 2.86. The van der Waals surface area contributed by atoms with Crippen molar-refractivity contribution in [2.24, 2.45) is 0 Å². The first-order chi connectivity index (χ1) is 11.8. The van der Waals surface area contributed by atoms with Crippen molar-refractivity contribution in [1.82, 2.24) is 10.2 Å². The quantitative estimate of drug-likeness (QED) is 0.458. The fourth-order valence-electron chi connectivity index (χ4n) is 2.09. The third-order valence-electron chi connectivity index (χ3n) is 3.25. The van der Waals surface area contributed by atoms with Gasteiger partial charge in [-0.3, -0.25) is 4.79 Å². The van der Waals surface area contributed by atoms with Gasteiger partial charge in [-0.1, -0.05) is 17.8 Å². The molecule has 0 aliphatic carbocycles. The first-order valence-corrected chi connectivity index (χ1v) is 9.39. The van der Waals surface area contributed by atoms with Crippen LogP contribution in [0.1, 0.15) is 16.6 Å². The summed E-state index contributed by atoms with van der Waals surface area (Å²) < 4.78 is 5.43. The summed E-state index contributed by atoms with van der Waals surface area (Å²) in [5, 5.41) is 11.1. The second-order valence-electron chi connectivity index (χ2n) is 4.90. The van der Waals surface area contributed by atoms with Gasteiger partial charge in [0.05, 0.1) is 22.9 Å². The number of benzene rings is 1. The molecule has 2 heterocycles. The van der Waals surface area contributed by atoms with E-state index in [1.807, 2.05) is 60.8 Å². The molecule has 3 rings (SSSR count). The Morgan fingerprint density at radius 1 is 1.12 bits per heavy atom. The lowest BCUT2D eigenvalue weighted by molar-refractivity contribution is 0.102. The standard InChI is InChI=1S/C18H16N2O2S2/c1-2-22-14-7-5-13(6-8-14)15-9-10-18(20-19-15)24-12-16(21)17-4-3-11-23-17/h3-11H,2,12H2,1H3. The van der Waals surface area contributed by atoms with Gasteiger partial charge in [-0.15, -0.1) is 21.5 Å². The average Bonchev–Trinajstić information content (AvgIpc) is 3.16. The zero-order valence-corrected chi connectivity index (χ0v) is 14.8. The van der Waals surface area contributed by atoms with Crippen molar-refractivity contribution in [2.45, 2.75) is 11.9 Å². The van der Waals surface area contributed by atoms with Crippen molar-refractivity contribution in [3.8, 4) is 17.0 Å². The lowest BCUT2D eigenvalue weighted by Crippen LogP contribution is -2.00. The molecule has 0 unspecified atom stereocenters. The van der Waals surface area contributed by atoms with E-state index in [-0.39, 0.29) is 5.78 Å². The van der Waals surface area contributed by atoms with Gasteiger partial charge in [-0.25, -0.2) is 0 Å². The SMILES string of the molecule is CCOc1ccc(-c2ccc(SCC(=O)c3cccs3)nn2)cc1. The van der Waals surface area contributed by atoms with E-state index in [1.54, 1.807) is 0 Å². The molecule has 0 saturated heterocycles. The van der Waals surface area contributed by atoms with Crippen LogP contribution in [0.15, 0.2) is 58.9 Å². The molecule has 0 saturated carbocycles. The van der Waals surface area contributed by atoms with Gasteiger partial charge in [-0.05, 0) is 54.8 Å². The Labute approximate surface area is 148 Å². The second kappa shape index (κ2) is 8.08. The van der Waals surface area contributed by atoms with Crippen molar-refractivity contribution < 1.29 is 9.53 Å². The van der Waals surface area contributed by atoms with Crippen molar-refractivity contribution in [3.05, 3.63) is 58.8 Å². The van der Waals surface area contributed by atoms with Crippen molar-refractivity contribution in [2.75, 3.05) is 12.4 Å². The fourth-order valence-corrected chi connectivity index (χ4v) is 3.54. The zero-order chi connectivity index (χ0) is 16.8. The Morgan fingerprint density at radius 3 is 2.58 bits per heavy atom. The van der Waals surface area contributed by atoms with Gasteiger partial charge in [0.1, 0.15) is 10.8 Å². The minimum absolute atomic E-state index is 0.118. The second-order valence-corrected chi connectivity index (χ2v) is 6.85. The van der Waals surface area contributed by atoms with E-state index in [4.69, 9.17) is 4.74 Å². The molecule has 0 bridgehead atoms. The highest BCUT2D eigenvalue weighted by molar-refractivity contribution is 7.99. The van der Waals surface area contributed by atoms with Crippen LogP contribution in [0.25, 0.3) is 11.3 Å². The highest BCUT2D eigenvalue weighted by Crippen LogP contribution is 2.23. The number of carbonyl (C=O) groups excluding carboxylic acids is 1. The molecule has 0 N–H and O–H groups in total. The number of hydrogen-bond donors (Lipinski definition) is 0. The molecule has 6 heteroatoms. The van der Waals surface area contributed by atoms with Crippen LogP contribution >= 0.6 is 23.1 Å². The van der Waals surface area contributed by atoms with Gasteiger partial charge in [0.15, 0.2) is 5.78 Å². The number of hydrogen-bond acceptors (Lipinski definition) is 6. The fraction of sp³-hybridized carbons (Fsp3) is 0.167. The molecular weight excluding hydrogens is 340 g/mol. The molecule has 2 aromatic heterocycles. The third-order valence-corrected chi connectivity index (χ3v) is 5.08. The first-order valence-electron chi connectivity index (χ1n) is 7.52.